The van der Waals surface area contributed by atoms with E-state index < -0.39 is 11.1 Å². The summed E-state index contributed by atoms with van der Waals surface area (Å²) in [6, 6.07) is 18.2. The normalized spacial score (nSPS) is 21.8. The fourth-order valence-corrected chi connectivity index (χ4v) is 10.4. The molecule has 4 aliphatic heterocycles. The van der Waals surface area contributed by atoms with Gasteiger partial charge in [-0.3, -0.25) is 19.2 Å². The number of hydrogen-bond donors (Lipinski definition) is 2. The van der Waals surface area contributed by atoms with Crippen LogP contribution in [0.1, 0.15) is 67.3 Å². The second-order valence-corrected chi connectivity index (χ2v) is 20.0. The number of aryl methyl sites for hydroxylation is 2. The van der Waals surface area contributed by atoms with E-state index in [2.05, 4.69) is 20.6 Å². The maximum Gasteiger partial charge on any atom is 0.262 e. The van der Waals surface area contributed by atoms with E-state index in [1.54, 1.807) is 24.3 Å². The van der Waals surface area contributed by atoms with Gasteiger partial charge in [-0.1, -0.05) is 47.5 Å². The molecule has 0 aliphatic carbocycles. The van der Waals surface area contributed by atoms with Crippen molar-refractivity contribution in [2.75, 3.05) is 75.7 Å². The van der Waals surface area contributed by atoms with Crippen LogP contribution in [0.15, 0.2) is 70.6 Å². The molecule has 0 saturated carbocycles. The minimum absolute atomic E-state index is 0.0944. The Labute approximate surface area is 412 Å². The quantitative estimate of drug-likeness (QED) is 0.137. The summed E-state index contributed by atoms with van der Waals surface area (Å²) in [5.74, 6) is 0.506. The molecule has 2 N–H and O–H groups in total. The first-order valence-electron chi connectivity index (χ1n) is 22.0. The van der Waals surface area contributed by atoms with E-state index in [4.69, 9.17) is 52.7 Å². The number of carbonyl (C=O) groups excluding carboxylic acids is 4. The number of ketones is 2. The first kappa shape index (κ1) is 50.3. The molecule has 68 heavy (non-hydrogen) atoms. The van der Waals surface area contributed by atoms with Crippen molar-refractivity contribution >= 4 is 92.3 Å². The Morgan fingerprint density at radius 3 is 1.40 bits per heavy atom. The molecule has 0 spiro atoms. The van der Waals surface area contributed by atoms with Crippen molar-refractivity contribution in [2.24, 2.45) is 9.98 Å². The largest absolute Gasteiger partial charge is 0.379 e. The molecule has 4 saturated heterocycles. The maximum atomic E-state index is 13.4. The van der Waals surface area contributed by atoms with E-state index in [0.29, 0.717) is 109 Å². The monoisotopic (exact) mass is 1000 g/mol. The van der Waals surface area contributed by atoms with E-state index in [1.807, 2.05) is 72.4 Å². The molecule has 356 valence electrons. The molecular formula is C48H50Cl2N8O8S2. The van der Waals surface area contributed by atoms with Gasteiger partial charge in [0.05, 0.1) is 58.1 Å². The second-order valence-electron chi connectivity index (χ2n) is 16.6. The number of amidine groups is 2. The van der Waals surface area contributed by atoms with Crippen molar-refractivity contribution in [3.63, 3.8) is 0 Å². The molecule has 2 aromatic carbocycles. The number of nitrogens with zero attached hydrogens (tertiary/aromatic N) is 6. The molecule has 4 aromatic rings. The number of ether oxygens (including phenoxy) is 4. The zero-order valence-electron chi connectivity index (χ0n) is 37.6. The summed E-state index contributed by atoms with van der Waals surface area (Å²) in [5, 5.41) is 24.0. The summed E-state index contributed by atoms with van der Waals surface area (Å²) in [7, 11) is 0. The number of anilines is 2. The first-order valence-corrected chi connectivity index (χ1v) is 24.4. The number of aliphatic imine (C=N–C) groups is 2. The van der Waals surface area contributed by atoms with Crippen LogP contribution >= 0.6 is 45.9 Å². The highest BCUT2D eigenvalue weighted by Gasteiger charge is 2.44. The third-order valence-corrected chi connectivity index (χ3v) is 14.5. The highest BCUT2D eigenvalue weighted by atomic mass is 35.5. The van der Waals surface area contributed by atoms with Gasteiger partial charge in [0.1, 0.15) is 22.7 Å². The number of halogens is 2. The Kier molecular flexibility index (Phi) is 17.2. The van der Waals surface area contributed by atoms with Crippen molar-refractivity contribution in [3.05, 3.63) is 101 Å². The summed E-state index contributed by atoms with van der Waals surface area (Å²) in [4.78, 5) is 65.1. The molecule has 0 bridgehead atoms. The van der Waals surface area contributed by atoms with Crippen LogP contribution in [0.5, 0.6) is 0 Å². The number of nitriles is 2. The third kappa shape index (κ3) is 12.2. The van der Waals surface area contributed by atoms with Crippen LogP contribution < -0.4 is 20.4 Å². The number of thiophene rings is 2. The van der Waals surface area contributed by atoms with Crippen LogP contribution in [-0.2, 0) is 41.4 Å². The number of amides is 2. The van der Waals surface area contributed by atoms with Crippen molar-refractivity contribution in [1.82, 2.24) is 10.6 Å². The van der Waals surface area contributed by atoms with Gasteiger partial charge in [-0.25, -0.2) is 0 Å². The zero-order chi connectivity index (χ0) is 48.3. The van der Waals surface area contributed by atoms with Gasteiger partial charge >= 0.3 is 0 Å². The van der Waals surface area contributed by atoms with Crippen molar-refractivity contribution in [1.29, 1.82) is 10.5 Å². The lowest BCUT2D eigenvalue weighted by atomic mass is 9.88. The Bertz CT molecular complexity index is 2480. The lowest BCUT2D eigenvalue weighted by Gasteiger charge is -2.28. The average molecular weight is 1000 g/mol. The number of rotatable bonds is 12. The van der Waals surface area contributed by atoms with Crippen LogP contribution in [-0.4, -0.2) is 112 Å². The zero-order valence-corrected chi connectivity index (χ0v) is 40.8. The van der Waals surface area contributed by atoms with Gasteiger partial charge in [-0.2, -0.15) is 20.5 Å². The van der Waals surface area contributed by atoms with Gasteiger partial charge in [0.25, 0.3) is 11.8 Å². The minimum atomic E-state index is -1.06. The number of Topliss-reactive ketones (excluding diaryl/α,β-unsaturated/α-hetero) is 2. The van der Waals surface area contributed by atoms with E-state index in [1.165, 1.54) is 22.7 Å². The van der Waals surface area contributed by atoms with Crippen LogP contribution in [0.25, 0.3) is 0 Å². The highest BCUT2D eigenvalue weighted by Crippen LogP contribution is 2.31. The summed E-state index contributed by atoms with van der Waals surface area (Å²) >= 11 is 14.3. The van der Waals surface area contributed by atoms with Gasteiger partial charge in [-0.15, -0.1) is 22.7 Å². The van der Waals surface area contributed by atoms with Crippen LogP contribution in [0.3, 0.4) is 0 Å². The molecule has 4 fully saturated rings. The van der Waals surface area contributed by atoms with E-state index in [-0.39, 0.29) is 49.4 Å². The minimum Gasteiger partial charge on any atom is -0.379 e. The van der Waals surface area contributed by atoms with Gasteiger partial charge in [0.2, 0.25) is 12.4 Å². The Morgan fingerprint density at radius 1 is 0.632 bits per heavy atom. The summed E-state index contributed by atoms with van der Waals surface area (Å²) < 4.78 is 23.1. The SMILES string of the molecule is Cc1cc(CC(=O)[C@@]2(NC(=O)c3ccc(Cl)s3)CCOC2)ccc1N1CCOCCC1=NC#N.Cc1cc(CC(=O)[C@]2(NC(=O)c3ccc(Cl)s3)CCOC2)ccc1N1CCOCCC1=NC#N. The smallest absolute Gasteiger partial charge is 0.262 e. The molecular weight excluding hydrogens is 952 g/mol. The fraction of sp³-hybridized carbons (Fsp3) is 0.417. The second kappa shape index (κ2) is 23.2. The topological polar surface area (TPSA) is 208 Å². The van der Waals surface area contributed by atoms with Crippen molar-refractivity contribution in [3.8, 4) is 12.4 Å². The lowest BCUT2D eigenvalue weighted by molar-refractivity contribution is -0.125. The average Bonchev–Trinajstić information content (AvgIpc) is 4.12. The number of hydrogen-bond acceptors (Lipinski definition) is 14. The predicted octanol–water partition coefficient (Wildman–Crippen LogP) is 7.03. The van der Waals surface area contributed by atoms with E-state index in [9.17, 15) is 19.2 Å². The van der Waals surface area contributed by atoms with Gasteiger partial charge in [-0.05, 0) is 72.5 Å². The van der Waals surface area contributed by atoms with Crippen LogP contribution in [0.2, 0.25) is 8.67 Å². The van der Waals surface area contributed by atoms with Crippen molar-refractivity contribution in [2.45, 2.75) is 63.5 Å². The summed E-state index contributed by atoms with van der Waals surface area (Å²) in [6.45, 7) is 8.38. The van der Waals surface area contributed by atoms with Gasteiger partial charge < -0.3 is 39.4 Å². The third-order valence-electron chi connectivity index (χ3n) is 12.1. The molecule has 2 atom stereocenters. The molecule has 16 nitrogen and oxygen atoms in total. The Morgan fingerprint density at radius 2 is 1.06 bits per heavy atom. The molecule has 0 unspecified atom stereocenters. The predicted molar refractivity (Wildman–Crippen MR) is 261 cm³/mol. The van der Waals surface area contributed by atoms with Gasteiger partial charge in [0, 0.05) is 76.2 Å². The van der Waals surface area contributed by atoms with Crippen LogP contribution in [0, 0.1) is 36.8 Å². The number of nitrogens with one attached hydrogen (secondary N) is 2. The standard InChI is InChI=1S/2C24H25ClN4O4S/c2*1-16-12-17(2-3-18(16)29-8-11-32-9-6-22(29)27-15-26)13-20(30)24(7-10-33-14-24)28-23(31)19-4-5-21(25)34-19/h2*2-5,12H,6-11,13-14H2,1H3,(H,28,31)/t2*24-/m10/s1. The number of benzene rings is 2. The molecule has 4 aliphatic rings. The molecule has 6 heterocycles. The van der Waals surface area contributed by atoms with Crippen molar-refractivity contribution < 1.29 is 38.1 Å². The molecule has 2 amide bonds. The number of carbonyl (C=O) groups is 4. The fourth-order valence-electron chi connectivity index (χ4n) is 8.54. The maximum absolute atomic E-state index is 13.4. The highest BCUT2D eigenvalue weighted by molar-refractivity contribution is 7.18. The summed E-state index contributed by atoms with van der Waals surface area (Å²) in [5.41, 5.74) is 3.35. The molecule has 20 heteroatoms. The Hall–Kier alpha value is -5.54. The molecule has 8 rings (SSSR count). The molecule has 2 aromatic heterocycles. The lowest BCUT2D eigenvalue weighted by Crippen LogP contribution is -2.55. The van der Waals surface area contributed by atoms with Crippen LogP contribution in [0.4, 0.5) is 11.4 Å². The summed E-state index contributed by atoms with van der Waals surface area (Å²) in [6.07, 6.45) is 6.06. The van der Waals surface area contributed by atoms with E-state index >= 15 is 0 Å². The molecule has 0 radical (unpaired) electrons. The first-order chi connectivity index (χ1) is 32.8. The Balaban J connectivity index is 0.000000201. The van der Waals surface area contributed by atoms with E-state index in [0.717, 1.165) is 33.6 Å². The van der Waals surface area contributed by atoms with Gasteiger partial charge in [0.15, 0.2) is 11.6 Å².